The van der Waals surface area contributed by atoms with Crippen LogP contribution in [0.15, 0.2) is 53.4 Å². The molecule has 5 rings (SSSR count). The molecule has 2 heterocycles. The molecule has 2 saturated heterocycles. The molecule has 0 aromatic heterocycles. The van der Waals surface area contributed by atoms with Gasteiger partial charge in [0.25, 0.3) is 0 Å². The molecule has 2 aliphatic heterocycles. The average Bonchev–Trinajstić information content (AvgIpc) is 2.94. The highest BCUT2D eigenvalue weighted by Gasteiger charge is 2.50. The fourth-order valence-electron chi connectivity index (χ4n) is 4.39. The van der Waals surface area contributed by atoms with Crippen molar-refractivity contribution in [3.63, 3.8) is 0 Å². The van der Waals surface area contributed by atoms with Crippen molar-refractivity contribution in [3.8, 4) is 0 Å². The fourth-order valence-corrected chi connectivity index (χ4v) is 6.38. The number of sulfonamides is 1. The maximum atomic E-state index is 13.6. The van der Waals surface area contributed by atoms with Gasteiger partial charge in [-0.2, -0.15) is 4.31 Å². The second-order valence-corrected chi connectivity index (χ2v) is 9.79. The molecule has 1 aliphatic carbocycles. The van der Waals surface area contributed by atoms with E-state index in [-0.39, 0.29) is 22.6 Å². The van der Waals surface area contributed by atoms with Gasteiger partial charge in [-0.25, -0.2) is 8.42 Å². The van der Waals surface area contributed by atoms with Gasteiger partial charge in [0.2, 0.25) is 10.0 Å². The summed E-state index contributed by atoms with van der Waals surface area (Å²) in [7, 11) is -3.72. The number of nitrogens with zero attached hydrogens (tertiary/aromatic N) is 1. The first-order chi connectivity index (χ1) is 12.9. The van der Waals surface area contributed by atoms with Crippen LogP contribution in [0.25, 0.3) is 0 Å². The van der Waals surface area contributed by atoms with Crippen LogP contribution in [-0.2, 0) is 14.8 Å². The summed E-state index contributed by atoms with van der Waals surface area (Å²) < 4.78 is 28.8. The number of halogens is 1. The van der Waals surface area contributed by atoms with E-state index in [1.165, 1.54) is 0 Å². The third-order valence-electron chi connectivity index (χ3n) is 5.73. The maximum absolute atomic E-state index is 13.6. The van der Waals surface area contributed by atoms with Crippen LogP contribution >= 0.6 is 11.6 Å². The maximum Gasteiger partial charge on any atom is 0.243 e. The van der Waals surface area contributed by atoms with Crippen molar-refractivity contribution in [1.29, 1.82) is 0 Å². The van der Waals surface area contributed by atoms with Crippen molar-refractivity contribution in [2.24, 2.45) is 5.92 Å². The van der Waals surface area contributed by atoms with Gasteiger partial charge in [0.1, 0.15) is 5.78 Å². The molecule has 1 saturated carbocycles. The molecule has 2 bridgehead atoms. The number of carbonyl (C=O) groups is 1. The first-order valence-corrected chi connectivity index (χ1v) is 11.1. The van der Waals surface area contributed by atoms with Gasteiger partial charge in [-0.3, -0.25) is 4.79 Å². The Hall–Kier alpha value is -1.69. The molecular formula is C21H22ClNO3S. The Morgan fingerprint density at radius 3 is 2.33 bits per heavy atom. The van der Waals surface area contributed by atoms with Crippen molar-refractivity contribution in [2.75, 3.05) is 0 Å². The number of Topliss-reactive ketones (excluding diaryl/α,β-unsaturated/α-hetero) is 1. The summed E-state index contributed by atoms with van der Waals surface area (Å²) in [5.74, 6) is -0.127. The summed E-state index contributed by atoms with van der Waals surface area (Å²) in [5.41, 5.74) is 1.84. The van der Waals surface area contributed by atoms with Gasteiger partial charge in [0.15, 0.2) is 0 Å². The van der Waals surface area contributed by atoms with Crippen LogP contribution in [0.5, 0.6) is 0 Å². The zero-order valence-corrected chi connectivity index (χ0v) is 16.7. The molecule has 4 nitrogen and oxygen atoms in total. The summed E-state index contributed by atoms with van der Waals surface area (Å²) in [6.07, 6.45) is 2.62. The van der Waals surface area contributed by atoms with Gasteiger partial charge in [0.05, 0.1) is 10.9 Å². The summed E-state index contributed by atoms with van der Waals surface area (Å²) in [6, 6.07) is 13.4. The molecular weight excluding hydrogens is 382 g/mol. The van der Waals surface area contributed by atoms with Crippen LogP contribution in [0.4, 0.5) is 0 Å². The van der Waals surface area contributed by atoms with Gasteiger partial charge in [-0.15, -0.1) is 0 Å². The number of hydrogen-bond acceptors (Lipinski definition) is 3. The largest absolute Gasteiger partial charge is 0.299 e. The number of benzene rings is 2. The minimum absolute atomic E-state index is 0.174. The minimum Gasteiger partial charge on any atom is -0.299 e. The van der Waals surface area contributed by atoms with E-state index < -0.39 is 16.1 Å². The van der Waals surface area contributed by atoms with Crippen LogP contribution in [0.1, 0.15) is 42.9 Å². The van der Waals surface area contributed by atoms with E-state index in [1.54, 1.807) is 28.6 Å². The Morgan fingerprint density at radius 1 is 1.00 bits per heavy atom. The lowest BCUT2D eigenvalue weighted by Crippen LogP contribution is -2.50. The highest BCUT2D eigenvalue weighted by molar-refractivity contribution is 7.89. The third-order valence-corrected chi connectivity index (χ3v) is 7.93. The number of ketones is 1. The Bertz CT molecular complexity index is 954. The summed E-state index contributed by atoms with van der Waals surface area (Å²) >= 11 is 6.03. The molecule has 2 aromatic carbocycles. The lowest BCUT2D eigenvalue weighted by Gasteiger charge is -2.42. The van der Waals surface area contributed by atoms with Gasteiger partial charge >= 0.3 is 0 Å². The highest BCUT2D eigenvalue weighted by atomic mass is 35.5. The van der Waals surface area contributed by atoms with Gasteiger partial charge < -0.3 is 0 Å². The molecule has 0 spiro atoms. The molecule has 142 valence electrons. The first-order valence-electron chi connectivity index (χ1n) is 9.26. The van der Waals surface area contributed by atoms with Crippen LogP contribution < -0.4 is 0 Å². The highest BCUT2D eigenvalue weighted by Crippen LogP contribution is 2.46. The molecule has 3 aliphatic rings. The quantitative estimate of drug-likeness (QED) is 0.756. The predicted octanol–water partition coefficient (Wildman–Crippen LogP) is 4.52. The van der Waals surface area contributed by atoms with Crippen LogP contribution in [0, 0.1) is 12.8 Å². The van der Waals surface area contributed by atoms with E-state index in [2.05, 4.69) is 0 Å². The lowest BCUT2D eigenvalue weighted by atomic mass is 9.83. The van der Waals surface area contributed by atoms with Crippen molar-refractivity contribution in [1.82, 2.24) is 4.31 Å². The van der Waals surface area contributed by atoms with Crippen molar-refractivity contribution in [2.45, 2.75) is 49.6 Å². The van der Waals surface area contributed by atoms with Crippen molar-refractivity contribution < 1.29 is 13.2 Å². The number of fused-ring (bicyclic) bond motifs is 4. The van der Waals surface area contributed by atoms with E-state index >= 15 is 0 Å². The molecule has 2 aromatic rings. The van der Waals surface area contributed by atoms with E-state index in [9.17, 15) is 13.2 Å². The van der Waals surface area contributed by atoms with Crippen LogP contribution in [-0.4, -0.2) is 24.5 Å². The van der Waals surface area contributed by atoms with Gasteiger partial charge in [-0.05, 0) is 49.6 Å². The standard InChI is InChI=1S/C21H22ClNO3S/c1-14-5-11-18(12-6-14)27(25,26)23-17-3-2-4-19(20(24)13-17)21(23)15-7-9-16(22)10-8-15/h5-12,17,19,21H,2-4,13H2,1H3/t17-,19+,21+/m1/s1. The lowest BCUT2D eigenvalue weighted by molar-refractivity contribution is -0.128. The second kappa shape index (κ2) is 7.04. The number of carbonyl (C=O) groups excluding carboxylic acids is 1. The Kier molecular flexibility index (Phi) is 4.87. The first kappa shape index (κ1) is 18.7. The van der Waals surface area contributed by atoms with E-state index in [0.717, 1.165) is 30.4 Å². The van der Waals surface area contributed by atoms with E-state index in [1.807, 2.05) is 31.2 Å². The van der Waals surface area contributed by atoms with Crippen molar-refractivity contribution >= 4 is 27.4 Å². The zero-order chi connectivity index (χ0) is 19.2. The Labute approximate surface area is 165 Å². The summed E-state index contributed by atoms with van der Waals surface area (Å²) in [4.78, 5) is 13.0. The monoisotopic (exact) mass is 403 g/mol. The van der Waals surface area contributed by atoms with Crippen LogP contribution in [0.2, 0.25) is 5.02 Å². The van der Waals surface area contributed by atoms with E-state index in [4.69, 9.17) is 11.6 Å². The molecule has 0 N–H and O–H groups in total. The molecule has 3 atom stereocenters. The molecule has 0 radical (unpaired) electrons. The smallest absolute Gasteiger partial charge is 0.243 e. The molecule has 3 fully saturated rings. The molecule has 0 unspecified atom stereocenters. The number of piperidine rings is 1. The number of aryl methyl sites for hydroxylation is 1. The van der Waals surface area contributed by atoms with Crippen LogP contribution in [0.3, 0.4) is 0 Å². The van der Waals surface area contributed by atoms with E-state index in [0.29, 0.717) is 11.4 Å². The van der Waals surface area contributed by atoms with Gasteiger partial charge in [0, 0.05) is 23.4 Å². The van der Waals surface area contributed by atoms with Gasteiger partial charge in [-0.1, -0.05) is 47.9 Å². The third kappa shape index (κ3) is 3.33. The number of hydrogen-bond donors (Lipinski definition) is 0. The molecule has 27 heavy (non-hydrogen) atoms. The Balaban J connectivity index is 1.85. The topological polar surface area (TPSA) is 54.5 Å². The molecule has 0 amide bonds. The second-order valence-electron chi connectivity index (χ2n) is 7.51. The fraction of sp³-hybridized carbons (Fsp3) is 0.381. The minimum atomic E-state index is -3.72. The average molecular weight is 404 g/mol. The normalized spacial score (nSPS) is 26.1. The van der Waals surface area contributed by atoms with Crippen molar-refractivity contribution in [3.05, 3.63) is 64.7 Å². The number of rotatable bonds is 3. The molecule has 6 heteroatoms. The predicted molar refractivity (Wildman–Crippen MR) is 105 cm³/mol. The zero-order valence-electron chi connectivity index (χ0n) is 15.1. The Morgan fingerprint density at radius 2 is 1.67 bits per heavy atom. The SMILES string of the molecule is Cc1ccc(S(=O)(=O)N2[C@@H]3CCC[C@@H](C(=O)C3)[C@@H]2c2ccc(Cl)cc2)cc1. The summed E-state index contributed by atoms with van der Waals surface area (Å²) in [5, 5.41) is 0.594. The summed E-state index contributed by atoms with van der Waals surface area (Å²) in [6.45, 7) is 1.93.